The smallest absolute Gasteiger partial charge is 0.407 e. The third-order valence-electron chi connectivity index (χ3n) is 2.32. The van der Waals surface area contributed by atoms with E-state index in [0.29, 0.717) is 15.8 Å². The van der Waals surface area contributed by atoms with Gasteiger partial charge in [-0.05, 0) is 28.1 Å². The van der Waals surface area contributed by atoms with Crippen LogP contribution in [0.2, 0.25) is 0 Å². The number of rotatable bonds is 0. The number of amides is 1. The van der Waals surface area contributed by atoms with Crippen LogP contribution in [0.3, 0.4) is 0 Å². The summed E-state index contributed by atoms with van der Waals surface area (Å²) in [6, 6.07) is 2.59. The van der Waals surface area contributed by atoms with E-state index in [1.165, 1.54) is 17.0 Å². The van der Waals surface area contributed by atoms with Gasteiger partial charge in [-0.15, -0.1) is 0 Å². The Hall–Kier alpha value is -1.30. The van der Waals surface area contributed by atoms with Crippen molar-refractivity contribution in [1.82, 2.24) is 4.90 Å². The second kappa shape index (κ2) is 4.29. The van der Waals surface area contributed by atoms with Crippen LogP contribution in [-0.2, 0) is 6.54 Å². The number of carboxylic acid groups (broad SMARTS) is 1. The van der Waals surface area contributed by atoms with Crippen molar-refractivity contribution in [1.29, 1.82) is 0 Å². The second-order valence-corrected chi connectivity index (χ2v) is 4.28. The predicted molar refractivity (Wildman–Crippen MR) is 58.0 cm³/mol. The van der Waals surface area contributed by atoms with E-state index in [9.17, 15) is 9.18 Å². The van der Waals surface area contributed by atoms with E-state index in [4.69, 9.17) is 9.84 Å². The average molecular weight is 290 g/mol. The van der Waals surface area contributed by atoms with Gasteiger partial charge in [-0.2, -0.15) is 0 Å². The SMILES string of the molecule is O=C(O)N1CCOc2c(Br)cc(F)cc2C1. The van der Waals surface area contributed by atoms with Gasteiger partial charge in [-0.3, -0.25) is 0 Å². The molecular formula is C10H9BrFNO3. The molecule has 1 amide bonds. The molecular weight excluding hydrogens is 281 g/mol. The molecule has 0 fully saturated rings. The minimum atomic E-state index is -1.03. The number of halogens is 2. The maximum absolute atomic E-state index is 13.2. The molecule has 0 atom stereocenters. The van der Waals surface area contributed by atoms with Crippen molar-refractivity contribution in [2.75, 3.05) is 13.2 Å². The summed E-state index contributed by atoms with van der Waals surface area (Å²) in [5, 5.41) is 8.89. The lowest BCUT2D eigenvalue weighted by molar-refractivity contribution is 0.138. The summed E-state index contributed by atoms with van der Waals surface area (Å²) in [5.41, 5.74) is 0.534. The number of hydrogen-bond donors (Lipinski definition) is 1. The van der Waals surface area contributed by atoms with Gasteiger partial charge < -0.3 is 14.7 Å². The number of hydrogen-bond acceptors (Lipinski definition) is 2. The molecule has 0 aliphatic carbocycles. The molecule has 6 heteroatoms. The van der Waals surface area contributed by atoms with Crippen LogP contribution in [0.5, 0.6) is 5.75 Å². The van der Waals surface area contributed by atoms with Crippen molar-refractivity contribution in [2.45, 2.75) is 6.54 Å². The van der Waals surface area contributed by atoms with E-state index in [1.54, 1.807) is 0 Å². The number of benzene rings is 1. The molecule has 0 unspecified atom stereocenters. The van der Waals surface area contributed by atoms with E-state index in [2.05, 4.69) is 15.9 Å². The van der Waals surface area contributed by atoms with Crippen LogP contribution in [0, 0.1) is 5.82 Å². The lowest BCUT2D eigenvalue weighted by atomic mass is 10.2. The fourth-order valence-electron chi connectivity index (χ4n) is 1.60. The van der Waals surface area contributed by atoms with Crippen molar-refractivity contribution in [3.8, 4) is 5.75 Å². The van der Waals surface area contributed by atoms with Crippen LogP contribution in [0.1, 0.15) is 5.56 Å². The van der Waals surface area contributed by atoms with Gasteiger partial charge in [0.15, 0.2) is 0 Å². The minimum absolute atomic E-state index is 0.140. The van der Waals surface area contributed by atoms with Gasteiger partial charge in [0.25, 0.3) is 0 Å². The number of nitrogens with zero attached hydrogens (tertiary/aromatic N) is 1. The van der Waals surface area contributed by atoms with Gasteiger partial charge in [-0.25, -0.2) is 9.18 Å². The lowest BCUT2D eigenvalue weighted by Gasteiger charge is -2.15. The van der Waals surface area contributed by atoms with Gasteiger partial charge in [0.05, 0.1) is 17.6 Å². The highest BCUT2D eigenvalue weighted by molar-refractivity contribution is 9.10. The molecule has 0 saturated heterocycles. The Morgan fingerprint density at radius 2 is 2.31 bits per heavy atom. The summed E-state index contributed by atoms with van der Waals surface area (Å²) < 4.78 is 19.1. The van der Waals surface area contributed by atoms with Crippen molar-refractivity contribution in [2.24, 2.45) is 0 Å². The van der Waals surface area contributed by atoms with E-state index < -0.39 is 11.9 Å². The van der Waals surface area contributed by atoms with Gasteiger partial charge in [0.1, 0.15) is 18.2 Å². The fraction of sp³-hybridized carbons (Fsp3) is 0.300. The standard InChI is InChI=1S/C10H9BrFNO3/c11-8-4-7(12)3-6-5-13(10(14)15)1-2-16-9(6)8/h3-4H,1-2,5H2,(H,14,15). The Labute approximate surface area is 99.7 Å². The molecule has 0 aromatic heterocycles. The molecule has 4 nitrogen and oxygen atoms in total. The first kappa shape index (κ1) is 11.2. The number of fused-ring (bicyclic) bond motifs is 1. The molecule has 2 rings (SSSR count). The highest BCUT2D eigenvalue weighted by atomic mass is 79.9. The molecule has 0 bridgehead atoms. The highest BCUT2D eigenvalue weighted by Gasteiger charge is 2.21. The number of carbonyl (C=O) groups is 1. The van der Waals surface area contributed by atoms with E-state index in [-0.39, 0.29) is 19.7 Å². The summed E-state index contributed by atoms with van der Waals surface area (Å²) in [6.07, 6.45) is -1.03. The first-order chi connectivity index (χ1) is 7.58. The quantitative estimate of drug-likeness (QED) is 0.798. The molecule has 0 radical (unpaired) electrons. The van der Waals surface area contributed by atoms with Crippen LogP contribution in [0.4, 0.5) is 9.18 Å². The van der Waals surface area contributed by atoms with Crippen LogP contribution in [0.15, 0.2) is 16.6 Å². The minimum Gasteiger partial charge on any atom is -0.490 e. The normalized spacial score (nSPS) is 15.0. The maximum atomic E-state index is 13.2. The van der Waals surface area contributed by atoms with Crippen molar-refractivity contribution < 1.29 is 19.0 Å². The Morgan fingerprint density at radius 1 is 1.56 bits per heavy atom. The number of ether oxygens (including phenoxy) is 1. The average Bonchev–Trinajstić information content (AvgIpc) is 2.39. The maximum Gasteiger partial charge on any atom is 0.407 e. The van der Waals surface area contributed by atoms with Crippen LogP contribution in [0.25, 0.3) is 0 Å². The zero-order valence-electron chi connectivity index (χ0n) is 8.24. The van der Waals surface area contributed by atoms with Gasteiger partial charge >= 0.3 is 6.09 Å². The van der Waals surface area contributed by atoms with Crippen molar-refractivity contribution in [3.63, 3.8) is 0 Å². The first-order valence-electron chi connectivity index (χ1n) is 4.66. The second-order valence-electron chi connectivity index (χ2n) is 3.43. The van der Waals surface area contributed by atoms with Crippen LogP contribution >= 0.6 is 15.9 Å². The molecule has 1 aliphatic rings. The fourth-order valence-corrected chi connectivity index (χ4v) is 2.19. The zero-order chi connectivity index (χ0) is 11.7. The molecule has 1 heterocycles. The summed E-state index contributed by atoms with van der Waals surface area (Å²) in [4.78, 5) is 12.0. The molecule has 1 N–H and O–H groups in total. The van der Waals surface area contributed by atoms with Crippen LogP contribution < -0.4 is 4.74 Å². The molecule has 0 saturated carbocycles. The molecule has 0 spiro atoms. The van der Waals surface area contributed by atoms with E-state index in [1.807, 2.05) is 0 Å². The van der Waals surface area contributed by atoms with Crippen LogP contribution in [-0.4, -0.2) is 29.3 Å². The monoisotopic (exact) mass is 289 g/mol. The third-order valence-corrected chi connectivity index (χ3v) is 2.91. The summed E-state index contributed by atoms with van der Waals surface area (Å²) in [6.45, 7) is 0.683. The first-order valence-corrected chi connectivity index (χ1v) is 5.46. The Balaban J connectivity index is 2.39. The summed E-state index contributed by atoms with van der Waals surface area (Å²) in [5.74, 6) is 0.103. The highest BCUT2D eigenvalue weighted by Crippen LogP contribution is 2.32. The Kier molecular flexibility index (Phi) is 3.00. The molecule has 1 aliphatic heterocycles. The van der Waals surface area contributed by atoms with Gasteiger partial charge in [0.2, 0.25) is 0 Å². The Morgan fingerprint density at radius 3 is 3.00 bits per heavy atom. The molecule has 86 valence electrons. The van der Waals surface area contributed by atoms with Crippen molar-refractivity contribution in [3.05, 3.63) is 28.0 Å². The zero-order valence-corrected chi connectivity index (χ0v) is 9.83. The van der Waals surface area contributed by atoms with E-state index >= 15 is 0 Å². The topological polar surface area (TPSA) is 49.8 Å². The molecule has 16 heavy (non-hydrogen) atoms. The third kappa shape index (κ3) is 2.11. The predicted octanol–water partition coefficient (Wildman–Crippen LogP) is 2.46. The lowest BCUT2D eigenvalue weighted by Crippen LogP contribution is -2.30. The Bertz CT molecular complexity index is 438. The summed E-state index contributed by atoms with van der Waals surface area (Å²) >= 11 is 3.19. The molecule has 1 aromatic carbocycles. The molecule has 1 aromatic rings. The van der Waals surface area contributed by atoms with E-state index in [0.717, 1.165) is 0 Å². The van der Waals surface area contributed by atoms with Gasteiger partial charge in [-0.1, -0.05) is 0 Å². The largest absolute Gasteiger partial charge is 0.490 e. The van der Waals surface area contributed by atoms with Gasteiger partial charge in [0, 0.05) is 5.56 Å². The van der Waals surface area contributed by atoms with Crippen molar-refractivity contribution >= 4 is 22.0 Å². The summed E-state index contributed by atoms with van der Waals surface area (Å²) in [7, 11) is 0.